The highest BCUT2D eigenvalue weighted by molar-refractivity contribution is 5.94. The number of morpholine rings is 1. The summed E-state index contributed by atoms with van der Waals surface area (Å²) in [5.74, 6) is -0.440. The third-order valence-electron chi connectivity index (χ3n) is 5.01. The van der Waals surface area contributed by atoms with Gasteiger partial charge in [0.05, 0.1) is 36.6 Å². The summed E-state index contributed by atoms with van der Waals surface area (Å²) in [6, 6.07) is 4.47. The lowest BCUT2D eigenvalue weighted by molar-refractivity contribution is -0.116. The van der Waals surface area contributed by atoms with E-state index in [1.807, 2.05) is 9.47 Å². The zero-order valence-corrected chi connectivity index (χ0v) is 14.7. The van der Waals surface area contributed by atoms with E-state index in [0.717, 1.165) is 31.4 Å². The van der Waals surface area contributed by atoms with Gasteiger partial charge >= 0.3 is 0 Å². The molecule has 0 saturated carbocycles. The number of benzene rings is 1. The molecular formula is C19H23FN4O2. The number of rotatable bonds is 4. The van der Waals surface area contributed by atoms with E-state index in [-0.39, 0.29) is 18.3 Å². The van der Waals surface area contributed by atoms with Crippen LogP contribution in [0, 0.1) is 5.82 Å². The van der Waals surface area contributed by atoms with Crippen molar-refractivity contribution in [1.82, 2.24) is 9.55 Å². The van der Waals surface area contributed by atoms with Crippen LogP contribution in [-0.2, 0) is 28.9 Å². The fourth-order valence-electron chi connectivity index (χ4n) is 3.69. The van der Waals surface area contributed by atoms with Crippen LogP contribution in [0.15, 0.2) is 24.5 Å². The molecule has 6 nitrogen and oxygen atoms in total. The van der Waals surface area contributed by atoms with Gasteiger partial charge in [0, 0.05) is 18.8 Å². The summed E-state index contributed by atoms with van der Waals surface area (Å²) >= 11 is 0. The fourth-order valence-corrected chi connectivity index (χ4v) is 3.69. The number of carbonyl (C=O) groups excluding carboxylic acids is 1. The van der Waals surface area contributed by atoms with Gasteiger partial charge in [-0.3, -0.25) is 4.79 Å². The number of carbonyl (C=O) groups is 1. The first-order chi connectivity index (χ1) is 12.7. The normalized spacial score (nSPS) is 17.0. The first kappa shape index (κ1) is 17.0. The van der Waals surface area contributed by atoms with Gasteiger partial charge in [-0.1, -0.05) is 0 Å². The highest BCUT2D eigenvalue weighted by Crippen LogP contribution is 2.28. The number of anilines is 2. The third kappa shape index (κ3) is 3.58. The Bertz CT molecular complexity index is 799. The van der Waals surface area contributed by atoms with E-state index in [1.165, 1.54) is 17.8 Å². The van der Waals surface area contributed by atoms with Gasteiger partial charge in [0.15, 0.2) is 0 Å². The van der Waals surface area contributed by atoms with Crippen LogP contribution in [0.25, 0.3) is 0 Å². The largest absolute Gasteiger partial charge is 0.378 e. The van der Waals surface area contributed by atoms with Crippen LogP contribution in [0.2, 0.25) is 0 Å². The van der Waals surface area contributed by atoms with E-state index >= 15 is 0 Å². The summed E-state index contributed by atoms with van der Waals surface area (Å²) in [5, 5.41) is 2.94. The summed E-state index contributed by atoms with van der Waals surface area (Å²) in [7, 11) is 0. The van der Waals surface area contributed by atoms with Crippen molar-refractivity contribution >= 4 is 17.3 Å². The molecule has 0 atom stereocenters. The number of aryl methyl sites for hydroxylation is 1. The second-order valence-corrected chi connectivity index (χ2v) is 6.78. The number of hydrogen-bond acceptors (Lipinski definition) is 4. The van der Waals surface area contributed by atoms with Crippen molar-refractivity contribution < 1.29 is 13.9 Å². The highest BCUT2D eigenvalue weighted by atomic mass is 19.1. The second-order valence-electron chi connectivity index (χ2n) is 6.78. The Labute approximate surface area is 152 Å². The third-order valence-corrected chi connectivity index (χ3v) is 5.01. The Hall–Kier alpha value is -2.41. The predicted molar refractivity (Wildman–Crippen MR) is 96.9 cm³/mol. The standard InChI is InChI=1S/C19H23FN4O2/c20-14-5-6-16(18(11-14)23-7-9-26-10-8-23)22-19(25)12-24-13-21-15-3-1-2-4-17(15)24/h5-6,11,13H,1-4,7-10,12H2,(H,22,25). The van der Waals surface area contributed by atoms with Gasteiger partial charge in [-0.25, -0.2) is 9.37 Å². The van der Waals surface area contributed by atoms with Gasteiger partial charge in [0.2, 0.25) is 5.91 Å². The van der Waals surface area contributed by atoms with Gasteiger partial charge in [-0.15, -0.1) is 0 Å². The summed E-state index contributed by atoms with van der Waals surface area (Å²) in [6.45, 7) is 2.79. The van der Waals surface area contributed by atoms with Gasteiger partial charge in [0.25, 0.3) is 0 Å². The Morgan fingerprint density at radius 1 is 1.23 bits per heavy atom. The molecule has 7 heteroatoms. The maximum absolute atomic E-state index is 13.8. The first-order valence-corrected chi connectivity index (χ1v) is 9.16. The molecule has 1 aromatic carbocycles. The molecule has 1 aliphatic heterocycles. The molecule has 1 N–H and O–H groups in total. The predicted octanol–water partition coefficient (Wildman–Crippen LogP) is 2.38. The lowest BCUT2D eigenvalue weighted by Gasteiger charge is -2.30. The number of amides is 1. The van der Waals surface area contributed by atoms with Crippen LogP contribution in [0.5, 0.6) is 0 Å². The number of nitrogens with one attached hydrogen (secondary N) is 1. The van der Waals surface area contributed by atoms with Crippen molar-refractivity contribution in [3.8, 4) is 0 Å². The van der Waals surface area contributed by atoms with Crippen molar-refractivity contribution in [3.05, 3.63) is 41.7 Å². The lowest BCUT2D eigenvalue weighted by Crippen LogP contribution is -2.37. The van der Waals surface area contributed by atoms with Crippen molar-refractivity contribution in [2.45, 2.75) is 32.2 Å². The average Bonchev–Trinajstić information content (AvgIpc) is 3.07. The fraction of sp³-hybridized carbons (Fsp3) is 0.474. The van der Waals surface area contributed by atoms with E-state index in [4.69, 9.17) is 4.74 Å². The van der Waals surface area contributed by atoms with E-state index in [2.05, 4.69) is 10.3 Å². The minimum atomic E-state index is -0.312. The molecule has 4 rings (SSSR count). The molecule has 0 spiro atoms. The molecule has 1 amide bonds. The van der Waals surface area contributed by atoms with Crippen LogP contribution in [-0.4, -0.2) is 41.8 Å². The van der Waals surface area contributed by atoms with E-state index in [1.54, 1.807) is 12.4 Å². The second kappa shape index (κ2) is 7.45. The number of halogens is 1. The Kier molecular flexibility index (Phi) is 4.88. The Morgan fingerprint density at radius 3 is 2.88 bits per heavy atom. The highest BCUT2D eigenvalue weighted by Gasteiger charge is 2.19. The quantitative estimate of drug-likeness (QED) is 0.912. The molecule has 138 valence electrons. The molecule has 1 aromatic heterocycles. The number of hydrogen-bond donors (Lipinski definition) is 1. The van der Waals surface area contributed by atoms with E-state index in [0.29, 0.717) is 37.7 Å². The van der Waals surface area contributed by atoms with Gasteiger partial charge in [-0.05, 0) is 43.9 Å². The molecule has 0 radical (unpaired) electrons. The number of nitrogens with zero attached hydrogens (tertiary/aromatic N) is 3. The number of fused-ring (bicyclic) bond motifs is 1. The SMILES string of the molecule is O=C(Cn1cnc2c1CCCC2)Nc1ccc(F)cc1N1CCOCC1. The zero-order valence-electron chi connectivity index (χ0n) is 14.7. The number of imidazole rings is 1. The molecule has 26 heavy (non-hydrogen) atoms. The van der Waals surface area contributed by atoms with Crippen molar-refractivity contribution in [1.29, 1.82) is 0 Å². The minimum absolute atomic E-state index is 0.128. The maximum Gasteiger partial charge on any atom is 0.244 e. The first-order valence-electron chi connectivity index (χ1n) is 9.16. The van der Waals surface area contributed by atoms with Gasteiger partial charge in [-0.2, -0.15) is 0 Å². The summed E-state index contributed by atoms with van der Waals surface area (Å²) < 4.78 is 21.0. The van der Waals surface area contributed by atoms with Gasteiger partial charge in [0.1, 0.15) is 12.4 Å². The molecule has 2 aliphatic rings. The van der Waals surface area contributed by atoms with Crippen LogP contribution in [0.1, 0.15) is 24.2 Å². The monoisotopic (exact) mass is 358 g/mol. The van der Waals surface area contributed by atoms with Gasteiger partial charge < -0.3 is 19.5 Å². The van der Waals surface area contributed by atoms with E-state index in [9.17, 15) is 9.18 Å². The molecule has 1 saturated heterocycles. The molecular weight excluding hydrogens is 335 g/mol. The number of aromatic nitrogens is 2. The topological polar surface area (TPSA) is 59.4 Å². The molecule has 0 unspecified atom stereocenters. The molecule has 1 fully saturated rings. The minimum Gasteiger partial charge on any atom is -0.378 e. The molecule has 0 bridgehead atoms. The van der Waals surface area contributed by atoms with Crippen LogP contribution in [0.3, 0.4) is 0 Å². The number of ether oxygens (including phenoxy) is 1. The summed E-state index contributed by atoms with van der Waals surface area (Å²) in [4.78, 5) is 19.1. The Balaban J connectivity index is 1.50. The van der Waals surface area contributed by atoms with Crippen molar-refractivity contribution in [2.24, 2.45) is 0 Å². The van der Waals surface area contributed by atoms with E-state index < -0.39 is 0 Å². The maximum atomic E-state index is 13.8. The Morgan fingerprint density at radius 2 is 2.04 bits per heavy atom. The van der Waals surface area contributed by atoms with Crippen LogP contribution in [0.4, 0.5) is 15.8 Å². The summed E-state index contributed by atoms with van der Waals surface area (Å²) in [6.07, 6.45) is 6.01. The average molecular weight is 358 g/mol. The van der Waals surface area contributed by atoms with Crippen molar-refractivity contribution in [3.63, 3.8) is 0 Å². The van der Waals surface area contributed by atoms with Crippen LogP contribution < -0.4 is 10.2 Å². The smallest absolute Gasteiger partial charge is 0.244 e. The lowest BCUT2D eigenvalue weighted by atomic mass is 10.0. The molecule has 2 aromatic rings. The van der Waals surface area contributed by atoms with Crippen LogP contribution >= 0.6 is 0 Å². The molecule has 1 aliphatic carbocycles. The van der Waals surface area contributed by atoms with Crippen molar-refractivity contribution in [2.75, 3.05) is 36.5 Å². The summed E-state index contributed by atoms with van der Waals surface area (Å²) in [5.41, 5.74) is 3.61. The molecule has 2 heterocycles. The zero-order chi connectivity index (χ0) is 17.9.